The number of rotatable bonds is 9. The molecule has 2 aromatic rings. The molecule has 5 amide bonds. The van der Waals surface area contributed by atoms with Gasteiger partial charge in [-0.05, 0) is 24.5 Å². The maximum Gasteiger partial charge on any atom is 0.244 e. The van der Waals surface area contributed by atoms with E-state index in [4.69, 9.17) is 22.9 Å². The topological polar surface area (TPSA) is 266 Å². The number of aliphatic imine (C=N–C) groups is 1. The molecule has 16 heteroatoms. The smallest absolute Gasteiger partial charge is 0.244 e. The summed E-state index contributed by atoms with van der Waals surface area (Å²) in [5.74, 6) is -3.15. The predicted molar refractivity (Wildman–Crippen MR) is 155 cm³/mol. The molecule has 222 valence electrons. The van der Waals surface area contributed by atoms with Crippen molar-refractivity contribution in [1.82, 2.24) is 26.3 Å². The molecule has 13 N–H and O–H groups in total. The van der Waals surface area contributed by atoms with E-state index in [1.54, 1.807) is 6.20 Å². The van der Waals surface area contributed by atoms with Crippen LogP contribution in [0.1, 0.15) is 18.4 Å². The Kier molecular flexibility index (Phi) is 11.3. The van der Waals surface area contributed by atoms with E-state index in [1.807, 2.05) is 24.3 Å². The Hall–Kier alpha value is -4.31. The molecule has 3 rings (SSSR count). The fraction of sp³-hybridized carbons (Fsp3) is 0.440. The van der Waals surface area contributed by atoms with Gasteiger partial charge in [-0.3, -0.25) is 29.0 Å². The predicted octanol–water partition coefficient (Wildman–Crippen LogP) is -3.11. The lowest BCUT2D eigenvalue weighted by molar-refractivity contribution is -0.132. The van der Waals surface area contributed by atoms with Gasteiger partial charge >= 0.3 is 0 Å². The van der Waals surface area contributed by atoms with E-state index >= 15 is 0 Å². The third-order valence-electron chi connectivity index (χ3n) is 6.33. The van der Waals surface area contributed by atoms with Gasteiger partial charge in [0.15, 0.2) is 5.96 Å². The Balaban J connectivity index is 1.68. The number of guanidine groups is 1. The summed E-state index contributed by atoms with van der Waals surface area (Å²) < 4.78 is 0. The Labute approximate surface area is 240 Å². The zero-order valence-electron chi connectivity index (χ0n) is 22.4. The molecular formula is C25H36N10O5S. The number of H-pyrrole nitrogens is 1. The minimum absolute atomic E-state index is 0.0486. The summed E-state index contributed by atoms with van der Waals surface area (Å²) in [6.45, 7) is -0.206. The SMILES string of the molecule is NC(=O)C(Cc1c[nH]c2ccccc12)NC(=O)[C@H]1CSC[C@H](N)C(=O)NC(CCCN=C(N)N)C(=O)NCC(=O)N1. The van der Waals surface area contributed by atoms with Crippen molar-refractivity contribution >= 4 is 58.2 Å². The number of benzene rings is 1. The van der Waals surface area contributed by atoms with Crippen LogP contribution in [-0.2, 0) is 30.4 Å². The van der Waals surface area contributed by atoms with Gasteiger partial charge in [-0.25, -0.2) is 0 Å². The average Bonchev–Trinajstić information content (AvgIpc) is 3.34. The number of aromatic nitrogens is 1. The molecule has 4 atom stereocenters. The molecule has 1 saturated heterocycles. The second kappa shape index (κ2) is 14.9. The third-order valence-corrected chi connectivity index (χ3v) is 7.49. The Morgan fingerprint density at radius 3 is 2.56 bits per heavy atom. The number of carbonyl (C=O) groups is 5. The van der Waals surface area contributed by atoms with Crippen molar-refractivity contribution in [2.24, 2.45) is 27.9 Å². The van der Waals surface area contributed by atoms with Crippen LogP contribution in [0.4, 0.5) is 0 Å². The molecule has 2 unspecified atom stereocenters. The van der Waals surface area contributed by atoms with Gasteiger partial charge in [-0.1, -0.05) is 18.2 Å². The van der Waals surface area contributed by atoms with Crippen molar-refractivity contribution in [3.05, 3.63) is 36.0 Å². The molecule has 1 aromatic heterocycles. The summed E-state index contributed by atoms with van der Waals surface area (Å²) in [5.41, 5.74) is 23.9. The first-order valence-corrected chi connectivity index (χ1v) is 14.1. The number of nitrogens with two attached hydrogens (primary N) is 4. The molecule has 1 aliphatic heterocycles. The van der Waals surface area contributed by atoms with Crippen molar-refractivity contribution in [2.45, 2.75) is 43.4 Å². The lowest BCUT2D eigenvalue weighted by atomic mass is 10.0. The first-order valence-electron chi connectivity index (χ1n) is 13.0. The van der Waals surface area contributed by atoms with Crippen LogP contribution >= 0.6 is 11.8 Å². The summed E-state index contributed by atoms with van der Waals surface area (Å²) in [4.78, 5) is 70.5. The fourth-order valence-corrected chi connectivity index (χ4v) is 5.19. The molecule has 0 radical (unpaired) electrons. The van der Waals surface area contributed by atoms with Crippen molar-refractivity contribution < 1.29 is 24.0 Å². The number of amides is 5. The number of para-hydroxylation sites is 1. The first kappa shape index (κ1) is 31.2. The summed E-state index contributed by atoms with van der Waals surface area (Å²) in [6.07, 6.45) is 2.46. The van der Waals surface area contributed by atoms with Crippen molar-refractivity contribution in [3.8, 4) is 0 Å². The van der Waals surface area contributed by atoms with E-state index in [9.17, 15) is 24.0 Å². The van der Waals surface area contributed by atoms with Crippen molar-refractivity contribution in [3.63, 3.8) is 0 Å². The van der Waals surface area contributed by atoms with Gasteiger partial charge in [0, 0.05) is 41.6 Å². The lowest BCUT2D eigenvalue weighted by Crippen LogP contribution is -2.56. The molecule has 41 heavy (non-hydrogen) atoms. The van der Waals surface area contributed by atoms with Gasteiger partial charge in [0.25, 0.3) is 0 Å². The average molecular weight is 589 g/mol. The molecule has 1 aromatic carbocycles. The minimum atomic E-state index is -1.10. The van der Waals surface area contributed by atoms with Crippen LogP contribution in [0.2, 0.25) is 0 Å². The molecule has 1 aliphatic rings. The molecule has 1 fully saturated rings. The van der Waals surface area contributed by atoms with Crippen LogP contribution in [-0.4, -0.2) is 89.2 Å². The van der Waals surface area contributed by atoms with Crippen molar-refractivity contribution in [1.29, 1.82) is 0 Å². The fourth-order valence-electron chi connectivity index (χ4n) is 4.17. The number of nitrogens with zero attached hydrogens (tertiary/aromatic N) is 1. The first-order chi connectivity index (χ1) is 19.5. The number of carbonyl (C=O) groups excluding carboxylic acids is 5. The Morgan fingerprint density at radius 2 is 1.83 bits per heavy atom. The normalized spacial score (nSPS) is 21.2. The summed E-state index contributed by atoms with van der Waals surface area (Å²) in [5, 5.41) is 11.1. The van der Waals surface area contributed by atoms with E-state index in [-0.39, 0.29) is 36.9 Å². The van der Waals surface area contributed by atoms with E-state index in [0.717, 1.165) is 28.2 Å². The highest BCUT2D eigenvalue weighted by molar-refractivity contribution is 7.99. The maximum absolute atomic E-state index is 13.2. The number of thioether (sulfide) groups is 1. The van der Waals surface area contributed by atoms with Crippen LogP contribution < -0.4 is 44.2 Å². The van der Waals surface area contributed by atoms with Gasteiger partial charge in [0.1, 0.15) is 18.1 Å². The largest absolute Gasteiger partial charge is 0.370 e. The van der Waals surface area contributed by atoms with Crippen LogP contribution in [0.25, 0.3) is 10.9 Å². The number of hydrogen-bond donors (Lipinski definition) is 9. The van der Waals surface area contributed by atoms with Gasteiger partial charge in [-0.15, -0.1) is 0 Å². The second-order valence-corrected chi connectivity index (χ2v) is 10.6. The summed E-state index contributed by atoms with van der Waals surface area (Å²) in [7, 11) is 0. The van der Waals surface area contributed by atoms with Gasteiger partial charge < -0.3 is 49.2 Å². The van der Waals surface area contributed by atoms with E-state index in [1.165, 1.54) is 0 Å². The van der Waals surface area contributed by atoms with Crippen LogP contribution in [0.5, 0.6) is 0 Å². The standard InChI is InChI=1S/C25H36N10O5S/c26-15-11-41-12-19(24(40)35-18(21(27)37)8-13-9-31-16-5-2-1-4-14(13)16)33-20(36)10-32-23(39)17(34-22(15)38)6-3-7-30-25(28)29/h1-2,4-5,9,15,17-19,31H,3,6-8,10-12,26H2,(H2,27,37)(H,32,39)(H,33,36)(H,34,38)(H,35,40)(H4,28,29,30)/t15-,17?,18?,19+/m0/s1. The van der Waals surface area contributed by atoms with Crippen LogP contribution in [0, 0.1) is 0 Å². The molecular weight excluding hydrogens is 552 g/mol. The van der Waals surface area contributed by atoms with Crippen LogP contribution in [0.3, 0.4) is 0 Å². The highest BCUT2D eigenvalue weighted by Crippen LogP contribution is 2.19. The molecule has 15 nitrogen and oxygen atoms in total. The van der Waals surface area contributed by atoms with E-state index in [0.29, 0.717) is 6.42 Å². The second-order valence-electron chi connectivity index (χ2n) is 9.52. The number of nitrogens with one attached hydrogen (secondary N) is 5. The summed E-state index contributed by atoms with van der Waals surface area (Å²) >= 11 is 1.16. The number of hydrogen-bond acceptors (Lipinski definition) is 8. The Bertz CT molecular complexity index is 1290. The molecule has 0 aliphatic carbocycles. The number of aromatic amines is 1. The van der Waals surface area contributed by atoms with Crippen molar-refractivity contribution in [2.75, 3.05) is 24.6 Å². The third kappa shape index (κ3) is 9.39. The molecule has 0 spiro atoms. The van der Waals surface area contributed by atoms with Gasteiger partial charge in [0.2, 0.25) is 29.5 Å². The van der Waals surface area contributed by atoms with Gasteiger partial charge in [0.05, 0.1) is 12.6 Å². The molecule has 0 saturated carbocycles. The minimum Gasteiger partial charge on any atom is -0.370 e. The maximum atomic E-state index is 13.2. The molecule has 0 bridgehead atoms. The quantitative estimate of drug-likeness (QED) is 0.0814. The van der Waals surface area contributed by atoms with E-state index in [2.05, 4.69) is 31.2 Å². The van der Waals surface area contributed by atoms with E-state index < -0.39 is 60.2 Å². The molecule has 2 heterocycles. The number of primary amides is 1. The highest BCUT2D eigenvalue weighted by atomic mass is 32.2. The zero-order chi connectivity index (χ0) is 29.9. The van der Waals surface area contributed by atoms with Gasteiger partial charge in [-0.2, -0.15) is 11.8 Å². The lowest BCUT2D eigenvalue weighted by Gasteiger charge is -2.22. The highest BCUT2D eigenvalue weighted by Gasteiger charge is 2.29. The monoisotopic (exact) mass is 588 g/mol. The summed E-state index contributed by atoms with van der Waals surface area (Å²) in [6, 6.07) is 3.38. The Morgan fingerprint density at radius 1 is 1.07 bits per heavy atom. The van der Waals surface area contributed by atoms with Crippen LogP contribution in [0.15, 0.2) is 35.5 Å². The number of fused-ring (bicyclic) bond motifs is 1. The zero-order valence-corrected chi connectivity index (χ0v) is 23.2.